The molecule has 0 radical (unpaired) electrons. The molecule has 3 unspecified atom stereocenters. The number of hydrogen-bond acceptors (Lipinski definition) is 3. The van der Waals surface area contributed by atoms with Gasteiger partial charge in [-0.05, 0) is 12.3 Å². The molecule has 1 saturated heterocycles. The fourth-order valence-electron chi connectivity index (χ4n) is 1.19. The van der Waals surface area contributed by atoms with Gasteiger partial charge in [-0.1, -0.05) is 20.3 Å². The van der Waals surface area contributed by atoms with E-state index >= 15 is 0 Å². The zero-order chi connectivity index (χ0) is 9.19. The van der Waals surface area contributed by atoms with E-state index in [1.54, 1.807) is 0 Å². The lowest BCUT2D eigenvalue weighted by Crippen LogP contribution is -2.26. The first-order valence-corrected chi connectivity index (χ1v) is 5.70. The Morgan fingerprint density at radius 3 is 2.92 bits per heavy atom. The Morgan fingerprint density at radius 2 is 2.42 bits per heavy atom. The van der Waals surface area contributed by atoms with Crippen molar-refractivity contribution in [1.82, 2.24) is 0 Å². The van der Waals surface area contributed by atoms with Crippen LogP contribution in [0.4, 0.5) is 0 Å². The molecule has 1 aliphatic rings. The lowest BCUT2D eigenvalue weighted by molar-refractivity contribution is 0.0196. The second kappa shape index (κ2) is 3.88. The van der Waals surface area contributed by atoms with Crippen molar-refractivity contribution in [2.75, 3.05) is 6.61 Å². The minimum atomic E-state index is -3.71. The highest BCUT2D eigenvalue weighted by atomic mass is 31.2. The van der Waals surface area contributed by atoms with E-state index in [-0.39, 0.29) is 6.10 Å². The topological polar surface area (TPSA) is 55.8 Å². The number of phosphoric ester groups is 1. The molecule has 0 saturated carbocycles. The smallest absolute Gasteiger partial charge is 0.302 e. The van der Waals surface area contributed by atoms with Gasteiger partial charge in [0.05, 0.1) is 12.7 Å². The van der Waals surface area contributed by atoms with Gasteiger partial charge in [0.25, 0.3) is 0 Å². The Balaban J connectivity index is 2.52. The third-order valence-corrected chi connectivity index (χ3v) is 3.25. The Hall–Kier alpha value is 0.110. The average molecular weight is 194 g/mol. The largest absolute Gasteiger partial charge is 0.472 e. The lowest BCUT2D eigenvalue weighted by Gasteiger charge is -2.29. The summed E-state index contributed by atoms with van der Waals surface area (Å²) in [5.74, 6) is 0.314. The van der Waals surface area contributed by atoms with E-state index in [0.29, 0.717) is 18.9 Å². The summed E-state index contributed by atoms with van der Waals surface area (Å²) in [5.41, 5.74) is 0. The van der Waals surface area contributed by atoms with Crippen molar-refractivity contribution in [1.29, 1.82) is 0 Å². The SMILES string of the molecule is CCC(C)C1CCOP(=O)(O)O1. The van der Waals surface area contributed by atoms with Crippen LogP contribution in [0.25, 0.3) is 0 Å². The third-order valence-electron chi connectivity index (χ3n) is 2.20. The molecule has 1 N–H and O–H groups in total. The first-order valence-electron chi connectivity index (χ1n) is 4.21. The van der Waals surface area contributed by atoms with Gasteiger partial charge in [0.15, 0.2) is 0 Å². The van der Waals surface area contributed by atoms with Crippen molar-refractivity contribution in [2.24, 2.45) is 5.92 Å². The molecule has 1 rings (SSSR count). The third kappa shape index (κ3) is 2.56. The van der Waals surface area contributed by atoms with E-state index in [4.69, 9.17) is 9.42 Å². The van der Waals surface area contributed by atoms with Crippen LogP contribution in [0.2, 0.25) is 0 Å². The van der Waals surface area contributed by atoms with Gasteiger partial charge in [0.2, 0.25) is 0 Å². The van der Waals surface area contributed by atoms with Crippen molar-refractivity contribution in [3.8, 4) is 0 Å². The van der Waals surface area contributed by atoms with E-state index in [1.807, 2.05) is 13.8 Å². The highest BCUT2D eigenvalue weighted by Crippen LogP contribution is 2.49. The lowest BCUT2D eigenvalue weighted by atomic mass is 10.00. The maximum absolute atomic E-state index is 11.0. The van der Waals surface area contributed by atoms with Gasteiger partial charge in [0.1, 0.15) is 0 Å². The molecule has 3 atom stereocenters. The van der Waals surface area contributed by atoms with E-state index in [0.717, 1.165) is 6.42 Å². The summed E-state index contributed by atoms with van der Waals surface area (Å²) in [5, 5.41) is 0. The molecule has 0 aromatic carbocycles. The summed E-state index contributed by atoms with van der Waals surface area (Å²) >= 11 is 0. The van der Waals surface area contributed by atoms with Crippen molar-refractivity contribution in [3.63, 3.8) is 0 Å². The molecular weight excluding hydrogens is 179 g/mol. The zero-order valence-corrected chi connectivity index (χ0v) is 8.29. The molecule has 1 heterocycles. The van der Waals surface area contributed by atoms with Crippen molar-refractivity contribution in [2.45, 2.75) is 32.8 Å². The number of hydrogen-bond donors (Lipinski definition) is 1. The molecule has 12 heavy (non-hydrogen) atoms. The van der Waals surface area contributed by atoms with E-state index < -0.39 is 7.82 Å². The summed E-state index contributed by atoms with van der Waals surface area (Å²) in [6.07, 6.45) is 1.53. The first kappa shape index (κ1) is 10.2. The molecule has 0 bridgehead atoms. The molecular formula is C7H15O4P. The van der Waals surface area contributed by atoms with E-state index in [9.17, 15) is 4.57 Å². The predicted molar refractivity (Wildman–Crippen MR) is 44.7 cm³/mol. The maximum atomic E-state index is 11.0. The predicted octanol–water partition coefficient (Wildman–Crippen LogP) is 1.94. The van der Waals surface area contributed by atoms with Crippen LogP contribution < -0.4 is 0 Å². The molecule has 0 aliphatic carbocycles. The van der Waals surface area contributed by atoms with Crippen LogP contribution in [-0.4, -0.2) is 17.6 Å². The van der Waals surface area contributed by atoms with Crippen molar-refractivity contribution in [3.05, 3.63) is 0 Å². The van der Waals surface area contributed by atoms with Crippen LogP contribution in [0.3, 0.4) is 0 Å². The van der Waals surface area contributed by atoms with Gasteiger partial charge >= 0.3 is 7.82 Å². The minimum absolute atomic E-state index is 0.125. The standard InChI is InChI=1S/C7H15O4P/c1-3-6(2)7-4-5-10-12(8,9)11-7/h6-7H,3-5H2,1-2H3,(H,8,9). The van der Waals surface area contributed by atoms with Crippen molar-refractivity contribution >= 4 is 7.82 Å². The van der Waals surface area contributed by atoms with Gasteiger partial charge in [0, 0.05) is 0 Å². The normalized spacial score (nSPS) is 39.4. The highest BCUT2D eigenvalue weighted by molar-refractivity contribution is 7.47. The summed E-state index contributed by atoms with van der Waals surface area (Å²) in [6.45, 7) is 4.37. The second-order valence-corrected chi connectivity index (χ2v) is 4.53. The number of rotatable bonds is 2. The van der Waals surface area contributed by atoms with Crippen LogP contribution in [0.5, 0.6) is 0 Å². The zero-order valence-electron chi connectivity index (χ0n) is 7.40. The molecule has 0 aromatic heterocycles. The summed E-state index contributed by atoms with van der Waals surface area (Å²) in [4.78, 5) is 9.00. The van der Waals surface area contributed by atoms with Crippen LogP contribution >= 0.6 is 7.82 Å². The Bertz CT molecular complexity index is 194. The minimum Gasteiger partial charge on any atom is -0.302 e. The fourth-order valence-corrected chi connectivity index (χ4v) is 2.24. The Labute approximate surface area is 72.5 Å². The molecule has 1 aliphatic heterocycles. The van der Waals surface area contributed by atoms with Crippen LogP contribution in [0.15, 0.2) is 0 Å². The van der Waals surface area contributed by atoms with Gasteiger partial charge < -0.3 is 4.89 Å². The average Bonchev–Trinajstić information content (AvgIpc) is 2.01. The maximum Gasteiger partial charge on any atom is 0.472 e. The quantitative estimate of drug-likeness (QED) is 0.682. The van der Waals surface area contributed by atoms with Gasteiger partial charge in [-0.3, -0.25) is 9.05 Å². The van der Waals surface area contributed by atoms with Gasteiger partial charge in [-0.2, -0.15) is 0 Å². The molecule has 0 aromatic rings. The first-order chi connectivity index (χ1) is 5.55. The van der Waals surface area contributed by atoms with Crippen LogP contribution in [0.1, 0.15) is 26.7 Å². The molecule has 4 nitrogen and oxygen atoms in total. The van der Waals surface area contributed by atoms with Crippen LogP contribution in [-0.2, 0) is 13.6 Å². The summed E-state index contributed by atoms with van der Waals surface area (Å²) < 4.78 is 20.5. The van der Waals surface area contributed by atoms with Crippen molar-refractivity contribution < 1.29 is 18.5 Å². The van der Waals surface area contributed by atoms with Crippen LogP contribution in [0, 0.1) is 5.92 Å². The molecule has 5 heteroatoms. The van der Waals surface area contributed by atoms with Gasteiger partial charge in [-0.25, -0.2) is 4.57 Å². The molecule has 1 fully saturated rings. The number of phosphoric acid groups is 1. The van der Waals surface area contributed by atoms with Gasteiger partial charge in [-0.15, -0.1) is 0 Å². The Morgan fingerprint density at radius 1 is 1.75 bits per heavy atom. The molecule has 0 amide bonds. The second-order valence-electron chi connectivity index (χ2n) is 3.12. The molecule has 0 spiro atoms. The summed E-state index contributed by atoms with van der Waals surface area (Å²) in [6, 6.07) is 0. The monoisotopic (exact) mass is 194 g/mol. The fraction of sp³-hybridized carbons (Fsp3) is 1.00. The molecule has 72 valence electrons. The Kier molecular flexibility index (Phi) is 3.29. The van der Waals surface area contributed by atoms with E-state index in [1.165, 1.54) is 0 Å². The van der Waals surface area contributed by atoms with E-state index in [2.05, 4.69) is 4.52 Å². The highest BCUT2D eigenvalue weighted by Gasteiger charge is 2.33. The summed E-state index contributed by atoms with van der Waals surface area (Å²) in [7, 11) is -3.71.